The Hall–Kier alpha value is -0.840. The van der Waals surface area contributed by atoms with Crippen molar-refractivity contribution in [2.45, 2.75) is 125 Å². The van der Waals surface area contributed by atoms with Gasteiger partial charge in [0.1, 0.15) is 0 Å². The number of rotatable bonds is 24. The van der Waals surface area contributed by atoms with Gasteiger partial charge in [-0.3, -0.25) is 0 Å². The Morgan fingerprint density at radius 3 is 1.35 bits per heavy atom. The summed E-state index contributed by atoms with van der Waals surface area (Å²) < 4.78 is 59.9. The second-order valence-corrected chi connectivity index (χ2v) is 10.5. The van der Waals surface area contributed by atoms with Crippen LogP contribution in [0, 0.1) is 0 Å². The molecule has 0 rings (SSSR count). The Balaban J connectivity index is 6.08. The molecule has 0 aliphatic heterocycles. The molecular weight excluding hydrogens is 503 g/mol. The average molecular weight is 555 g/mol. The van der Waals surface area contributed by atoms with Crippen molar-refractivity contribution in [3.8, 4) is 0 Å². The number of ether oxygens (including phenoxy) is 5. The maximum atomic E-state index is 14.1. The van der Waals surface area contributed by atoms with Crippen LogP contribution in [0.3, 0.4) is 0 Å². The highest BCUT2D eigenvalue weighted by molar-refractivity contribution is 7.48. The van der Waals surface area contributed by atoms with Crippen LogP contribution >= 0.6 is 7.82 Å². The van der Waals surface area contributed by atoms with E-state index in [4.69, 9.17) is 37.3 Å². The second kappa shape index (κ2) is 19.3. The van der Waals surface area contributed by atoms with E-state index in [1.54, 1.807) is 0 Å². The molecule has 0 heterocycles. The number of esters is 1. The number of hydrogen-bond acceptors (Lipinski definition) is 10. The maximum Gasteiger partial charge on any atom is 0.486 e. The summed E-state index contributed by atoms with van der Waals surface area (Å²) in [5.74, 6) is -4.27. The van der Waals surface area contributed by atoms with Gasteiger partial charge < -0.3 is 23.7 Å². The van der Waals surface area contributed by atoms with Gasteiger partial charge in [-0.2, -0.15) is 0 Å². The number of hydrogen-bond donors (Lipinski definition) is 0. The lowest BCUT2D eigenvalue weighted by Crippen LogP contribution is -2.40. The summed E-state index contributed by atoms with van der Waals surface area (Å²) in [7, 11) is -4.61. The van der Waals surface area contributed by atoms with E-state index in [0.717, 1.165) is 51.4 Å². The molecule has 11 heteroatoms. The minimum Gasteiger partial charge on any atom is -0.432 e. The third kappa shape index (κ3) is 16.7. The number of unbranched alkanes of at least 4 members (excludes halogenated alkanes) is 4. The van der Waals surface area contributed by atoms with Crippen LogP contribution in [0.5, 0.6) is 0 Å². The molecule has 0 aliphatic carbocycles. The van der Waals surface area contributed by atoms with Crippen LogP contribution in [0.2, 0.25) is 0 Å². The third-order valence-corrected chi connectivity index (χ3v) is 6.57. The lowest BCUT2D eigenvalue weighted by Gasteiger charge is -2.37. The lowest BCUT2D eigenvalue weighted by atomic mass is 10.3. The Bertz CT molecular complexity index is 628. The van der Waals surface area contributed by atoms with Gasteiger partial charge in [-0.05, 0) is 39.5 Å². The second-order valence-electron chi connectivity index (χ2n) is 9.02. The van der Waals surface area contributed by atoms with Gasteiger partial charge in [-0.25, -0.2) is 22.9 Å². The molecule has 0 amide bonds. The summed E-state index contributed by atoms with van der Waals surface area (Å²) >= 11 is 0. The number of phosphoric acid groups is 1. The molecule has 0 bridgehead atoms. The van der Waals surface area contributed by atoms with Crippen LogP contribution in [0.25, 0.3) is 0 Å². The smallest absolute Gasteiger partial charge is 0.432 e. The van der Waals surface area contributed by atoms with Crippen LogP contribution < -0.4 is 0 Å². The molecule has 10 nitrogen and oxygen atoms in total. The van der Waals surface area contributed by atoms with E-state index in [9.17, 15) is 9.36 Å². The molecule has 37 heavy (non-hydrogen) atoms. The Morgan fingerprint density at radius 2 is 1.08 bits per heavy atom. The van der Waals surface area contributed by atoms with Crippen LogP contribution in [-0.4, -0.2) is 50.6 Å². The summed E-state index contributed by atoms with van der Waals surface area (Å²) in [6.07, 6.45) is 5.09. The highest BCUT2D eigenvalue weighted by Crippen LogP contribution is 2.57. The van der Waals surface area contributed by atoms with Gasteiger partial charge in [0.25, 0.3) is 11.9 Å². The third-order valence-electron chi connectivity index (χ3n) is 4.90. The summed E-state index contributed by atoms with van der Waals surface area (Å²) in [4.78, 5) is 12.0. The van der Waals surface area contributed by atoms with E-state index in [0.29, 0.717) is 0 Å². The number of phosphoric ester groups is 1. The molecule has 0 N–H and O–H groups in total. The highest BCUT2D eigenvalue weighted by atomic mass is 31.2. The standard InChI is InChI=1S/C26H51O10P/c1-10-14-18-29-25(8,30-19-15-11-2)35-37(28,34-23(7)33-24(27)22(5)6)36-26(9,31-20-16-12-3)32-21-17-13-4/h23H,5,10-21H2,1-4,6-9H3. The molecule has 0 saturated carbocycles. The van der Waals surface area contributed by atoms with Crippen LogP contribution in [0.1, 0.15) is 107 Å². The number of carbonyl (C=O) groups excluding carboxylic acids is 1. The monoisotopic (exact) mass is 554 g/mol. The van der Waals surface area contributed by atoms with Gasteiger partial charge in [0, 0.05) is 19.4 Å². The zero-order chi connectivity index (χ0) is 28.4. The highest BCUT2D eigenvalue weighted by Gasteiger charge is 2.48. The van der Waals surface area contributed by atoms with Gasteiger partial charge in [0.2, 0.25) is 6.29 Å². The largest absolute Gasteiger partial charge is 0.486 e. The molecule has 1 unspecified atom stereocenters. The molecule has 0 aromatic carbocycles. The van der Waals surface area contributed by atoms with E-state index in [2.05, 4.69) is 6.58 Å². The molecule has 220 valence electrons. The van der Waals surface area contributed by atoms with Gasteiger partial charge in [0.15, 0.2) is 0 Å². The fraction of sp³-hybridized carbons (Fsp3) is 0.885. The molecule has 0 aliphatic rings. The van der Waals surface area contributed by atoms with Crippen molar-refractivity contribution in [1.82, 2.24) is 0 Å². The van der Waals surface area contributed by atoms with Gasteiger partial charge >= 0.3 is 13.8 Å². The van der Waals surface area contributed by atoms with Crippen LogP contribution in [0.4, 0.5) is 0 Å². The summed E-state index contributed by atoms with van der Waals surface area (Å²) in [5, 5.41) is 0. The van der Waals surface area contributed by atoms with E-state index in [1.807, 2.05) is 27.7 Å². The molecule has 1 atom stereocenters. The zero-order valence-electron chi connectivity index (χ0n) is 24.3. The minimum absolute atomic E-state index is 0.151. The molecular formula is C26H51O10P. The van der Waals surface area contributed by atoms with Crippen molar-refractivity contribution >= 4 is 13.8 Å². The van der Waals surface area contributed by atoms with E-state index in [1.165, 1.54) is 27.7 Å². The van der Waals surface area contributed by atoms with Gasteiger partial charge in [-0.15, -0.1) is 0 Å². The van der Waals surface area contributed by atoms with Gasteiger partial charge in [-0.1, -0.05) is 60.0 Å². The van der Waals surface area contributed by atoms with Crippen LogP contribution in [-0.2, 0) is 46.6 Å². The van der Waals surface area contributed by atoms with Crippen molar-refractivity contribution in [2.24, 2.45) is 0 Å². The van der Waals surface area contributed by atoms with Crippen molar-refractivity contribution in [3.05, 3.63) is 12.2 Å². The molecule has 0 saturated heterocycles. The van der Waals surface area contributed by atoms with E-state index >= 15 is 0 Å². The Labute approximate surface area is 224 Å². The Morgan fingerprint density at radius 1 is 0.757 bits per heavy atom. The first-order valence-electron chi connectivity index (χ1n) is 13.5. The first-order valence-corrected chi connectivity index (χ1v) is 15.0. The fourth-order valence-corrected chi connectivity index (χ4v) is 4.27. The molecule has 0 radical (unpaired) electrons. The van der Waals surface area contributed by atoms with Crippen molar-refractivity contribution in [1.29, 1.82) is 0 Å². The van der Waals surface area contributed by atoms with Crippen molar-refractivity contribution in [3.63, 3.8) is 0 Å². The molecule has 0 aromatic rings. The van der Waals surface area contributed by atoms with E-state index in [-0.39, 0.29) is 32.0 Å². The molecule has 0 fully saturated rings. The first-order chi connectivity index (χ1) is 17.4. The van der Waals surface area contributed by atoms with Crippen molar-refractivity contribution in [2.75, 3.05) is 26.4 Å². The molecule has 0 aromatic heterocycles. The van der Waals surface area contributed by atoms with Gasteiger partial charge in [0.05, 0.1) is 26.4 Å². The zero-order valence-corrected chi connectivity index (χ0v) is 25.2. The SMILES string of the molecule is C=C(C)C(=O)OC(C)OP(=O)(OC(C)(OCCCC)OCCCC)OC(C)(OCCCC)OCCCC. The minimum atomic E-state index is -4.61. The predicted octanol–water partition coefficient (Wildman–Crippen LogP) is 7.22. The topological polar surface area (TPSA) is 108 Å². The first kappa shape index (κ1) is 36.2. The average Bonchev–Trinajstić information content (AvgIpc) is 2.79. The lowest BCUT2D eigenvalue weighted by molar-refractivity contribution is -0.365. The summed E-state index contributed by atoms with van der Waals surface area (Å²) in [5.41, 5.74) is 0.151. The normalized spacial score (nSPS) is 13.5. The Kier molecular flexibility index (Phi) is 18.8. The number of carbonyl (C=O) groups is 1. The summed E-state index contributed by atoms with van der Waals surface area (Å²) in [6, 6.07) is 0. The van der Waals surface area contributed by atoms with Crippen molar-refractivity contribution < 1.29 is 46.6 Å². The van der Waals surface area contributed by atoms with Crippen LogP contribution in [0.15, 0.2) is 12.2 Å². The quantitative estimate of drug-likeness (QED) is 0.0399. The predicted molar refractivity (Wildman–Crippen MR) is 141 cm³/mol. The fourth-order valence-electron chi connectivity index (χ4n) is 2.72. The molecule has 0 spiro atoms. The maximum absolute atomic E-state index is 14.1. The summed E-state index contributed by atoms with van der Waals surface area (Å²) in [6.45, 7) is 18.6. The van der Waals surface area contributed by atoms with E-state index < -0.39 is 32.0 Å².